The van der Waals surface area contributed by atoms with Gasteiger partial charge < -0.3 is 9.23 Å². The van der Waals surface area contributed by atoms with Gasteiger partial charge in [0.1, 0.15) is 0 Å². The van der Waals surface area contributed by atoms with Crippen molar-refractivity contribution >= 4 is 19.0 Å². The quantitative estimate of drug-likeness (QED) is 0.613. The first-order valence-electron chi connectivity index (χ1n) is 2.93. The van der Waals surface area contributed by atoms with E-state index < -0.39 is 7.12 Å². The van der Waals surface area contributed by atoms with Gasteiger partial charge in [-0.15, -0.1) is 0 Å². The van der Waals surface area contributed by atoms with Crippen molar-refractivity contribution in [2.45, 2.75) is 19.8 Å². The van der Waals surface area contributed by atoms with Crippen molar-refractivity contribution in [2.24, 2.45) is 0 Å². The summed E-state index contributed by atoms with van der Waals surface area (Å²) < 4.78 is 4.04. The molecule has 0 aromatic carbocycles. The Labute approximate surface area is 60.8 Å². The van der Waals surface area contributed by atoms with Gasteiger partial charge in [0.25, 0.3) is 0 Å². The molecule has 0 radical (unpaired) electrons. The van der Waals surface area contributed by atoms with E-state index in [9.17, 15) is 0 Å². The molecule has 0 heterocycles. The van der Waals surface area contributed by atoms with Gasteiger partial charge in [-0.05, 0) is 6.42 Å². The molecule has 0 aromatic rings. The summed E-state index contributed by atoms with van der Waals surface area (Å²) in [6, 6.07) is 0. The summed E-state index contributed by atoms with van der Waals surface area (Å²) >= 11 is 4.83. The molecule has 0 saturated heterocycles. The van der Waals surface area contributed by atoms with Crippen LogP contribution in [0.5, 0.6) is 0 Å². The van der Waals surface area contributed by atoms with E-state index >= 15 is 0 Å². The molecular weight excluding hydrogens is 138 g/mol. The second-order valence-corrected chi connectivity index (χ2v) is 1.87. The first-order valence-corrected chi connectivity index (χ1v) is 3.24. The normalized spacial score (nSPS) is 10.6. The summed E-state index contributed by atoms with van der Waals surface area (Å²) in [6.07, 6.45) is 3.83. The Morgan fingerprint density at radius 2 is 2.44 bits per heavy atom. The topological polar surface area (TPSA) is 29.5 Å². The zero-order valence-corrected chi connectivity index (χ0v) is 6.14. The fourth-order valence-corrected chi connectivity index (χ4v) is 0.468. The minimum atomic E-state index is -0.960. The highest BCUT2D eigenvalue weighted by Crippen LogP contribution is 1.92. The van der Waals surface area contributed by atoms with Crippen LogP contribution in [0.3, 0.4) is 0 Å². The van der Waals surface area contributed by atoms with E-state index in [4.69, 9.17) is 16.9 Å². The fourth-order valence-electron chi connectivity index (χ4n) is 0.409. The molecule has 0 atom stereocenters. The summed E-state index contributed by atoms with van der Waals surface area (Å²) in [6.45, 7) is 2.05. The van der Waals surface area contributed by atoms with Gasteiger partial charge in [0.15, 0.2) is 0 Å². The molecule has 9 heavy (non-hydrogen) atoms. The SMILES string of the molecule is CCCC=CB(O)OCl. The minimum absolute atomic E-state index is 0.942. The summed E-state index contributed by atoms with van der Waals surface area (Å²) in [4.78, 5) is 0. The van der Waals surface area contributed by atoms with Crippen LogP contribution in [-0.2, 0) is 4.21 Å². The van der Waals surface area contributed by atoms with E-state index in [1.54, 1.807) is 0 Å². The molecule has 2 nitrogen and oxygen atoms in total. The van der Waals surface area contributed by atoms with E-state index in [0.29, 0.717) is 0 Å². The molecule has 0 fully saturated rings. The molecular formula is C5H10BClO2. The molecule has 0 rings (SSSR count). The molecule has 0 aliphatic rings. The van der Waals surface area contributed by atoms with Crippen molar-refractivity contribution in [3.8, 4) is 0 Å². The lowest BCUT2D eigenvalue weighted by Gasteiger charge is -1.89. The molecule has 0 spiro atoms. The van der Waals surface area contributed by atoms with Crippen LogP contribution in [0.4, 0.5) is 0 Å². The molecule has 0 saturated carbocycles. The molecule has 0 aliphatic heterocycles. The number of allylic oxidation sites excluding steroid dienone is 1. The van der Waals surface area contributed by atoms with Crippen LogP contribution >= 0.6 is 11.9 Å². The first kappa shape index (κ1) is 9.01. The second kappa shape index (κ2) is 6.14. The Morgan fingerprint density at radius 3 is 2.89 bits per heavy atom. The van der Waals surface area contributed by atoms with Gasteiger partial charge >= 0.3 is 7.12 Å². The van der Waals surface area contributed by atoms with Gasteiger partial charge in [-0.1, -0.05) is 25.4 Å². The van der Waals surface area contributed by atoms with Crippen molar-refractivity contribution in [1.82, 2.24) is 0 Å². The highest BCUT2D eigenvalue weighted by atomic mass is 35.5. The smallest absolute Gasteiger partial charge is 0.423 e. The van der Waals surface area contributed by atoms with Crippen LogP contribution in [0, 0.1) is 0 Å². The summed E-state index contributed by atoms with van der Waals surface area (Å²) in [5.41, 5.74) is 0. The Hall–Kier alpha value is 0.0149. The van der Waals surface area contributed by atoms with Gasteiger partial charge in [-0.2, -0.15) is 0 Å². The number of halogens is 1. The molecule has 0 unspecified atom stereocenters. The highest BCUT2D eigenvalue weighted by Gasteiger charge is 2.03. The maximum Gasteiger partial charge on any atom is 0.500 e. The zero-order valence-electron chi connectivity index (χ0n) is 5.38. The van der Waals surface area contributed by atoms with Crippen LogP contribution in [0.25, 0.3) is 0 Å². The maximum absolute atomic E-state index is 8.64. The van der Waals surface area contributed by atoms with Crippen molar-refractivity contribution in [1.29, 1.82) is 0 Å². The standard InChI is InChI=1S/C5H10BClO2/c1-2-3-4-5-6(8)9-7/h4-5,8H,2-3H2,1H3. The minimum Gasteiger partial charge on any atom is -0.423 e. The Morgan fingerprint density at radius 1 is 1.78 bits per heavy atom. The number of hydrogen-bond donors (Lipinski definition) is 1. The molecule has 52 valence electrons. The van der Waals surface area contributed by atoms with Crippen LogP contribution in [0.1, 0.15) is 19.8 Å². The van der Waals surface area contributed by atoms with Crippen LogP contribution in [0.2, 0.25) is 0 Å². The number of unbranched alkanes of at least 4 members (excludes halogenated alkanes) is 1. The highest BCUT2D eigenvalue weighted by molar-refractivity contribution is 6.53. The average Bonchev–Trinajstić information content (AvgIpc) is 1.89. The zero-order chi connectivity index (χ0) is 7.11. The van der Waals surface area contributed by atoms with E-state index in [1.165, 1.54) is 5.98 Å². The van der Waals surface area contributed by atoms with Crippen LogP contribution < -0.4 is 0 Å². The first-order chi connectivity index (χ1) is 4.31. The van der Waals surface area contributed by atoms with Crippen molar-refractivity contribution in [2.75, 3.05) is 0 Å². The summed E-state index contributed by atoms with van der Waals surface area (Å²) in [5.74, 6) is 1.51. The molecule has 4 heteroatoms. The Kier molecular flexibility index (Phi) is 6.15. The number of hydrogen-bond acceptors (Lipinski definition) is 2. The van der Waals surface area contributed by atoms with Gasteiger partial charge in [0, 0.05) is 11.9 Å². The average molecular weight is 148 g/mol. The molecule has 1 N–H and O–H groups in total. The lowest BCUT2D eigenvalue weighted by Crippen LogP contribution is -2.07. The summed E-state index contributed by atoms with van der Waals surface area (Å²) in [5, 5.41) is 8.64. The van der Waals surface area contributed by atoms with Crippen molar-refractivity contribution in [3.05, 3.63) is 12.1 Å². The third kappa shape index (κ3) is 5.89. The molecule has 0 bridgehead atoms. The lowest BCUT2D eigenvalue weighted by molar-refractivity contribution is 0.455. The third-order valence-electron chi connectivity index (χ3n) is 0.847. The van der Waals surface area contributed by atoms with E-state index in [-0.39, 0.29) is 0 Å². The van der Waals surface area contributed by atoms with E-state index in [1.807, 2.05) is 6.08 Å². The molecule has 0 aromatic heterocycles. The third-order valence-corrected chi connectivity index (χ3v) is 1.03. The second-order valence-electron chi connectivity index (χ2n) is 1.70. The van der Waals surface area contributed by atoms with Crippen LogP contribution in [0.15, 0.2) is 12.1 Å². The largest absolute Gasteiger partial charge is 0.500 e. The number of rotatable bonds is 4. The van der Waals surface area contributed by atoms with E-state index in [2.05, 4.69) is 11.1 Å². The van der Waals surface area contributed by atoms with Crippen molar-refractivity contribution < 1.29 is 9.23 Å². The maximum atomic E-state index is 8.64. The van der Waals surface area contributed by atoms with Crippen LogP contribution in [-0.4, -0.2) is 12.1 Å². The summed E-state index contributed by atoms with van der Waals surface area (Å²) in [7, 11) is -0.960. The van der Waals surface area contributed by atoms with Crippen molar-refractivity contribution in [3.63, 3.8) is 0 Å². The Balaban J connectivity index is 3.20. The van der Waals surface area contributed by atoms with Gasteiger partial charge in [0.05, 0.1) is 0 Å². The molecule has 0 aliphatic carbocycles. The monoisotopic (exact) mass is 148 g/mol. The lowest BCUT2D eigenvalue weighted by atomic mass is 9.91. The van der Waals surface area contributed by atoms with E-state index in [0.717, 1.165) is 12.8 Å². The predicted octanol–water partition coefficient (Wildman–Crippen LogP) is 1.53. The molecule has 0 amide bonds. The Bertz CT molecular complexity index is 87.0. The van der Waals surface area contributed by atoms with Gasteiger partial charge in [0.2, 0.25) is 0 Å². The predicted molar refractivity (Wildman–Crippen MR) is 39.0 cm³/mol. The fraction of sp³-hybridized carbons (Fsp3) is 0.600. The van der Waals surface area contributed by atoms with Gasteiger partial charge in [-0.3, -0.25) is 0 Å². The van der Waals surface area contributed by atoms with Gasteiger partial charge in [-0.25, -0.2) is 0 Å².